The van der Waals surface area contributed by atoms with Crippen LogP contribution in [0.5, 0.6) is 5.75 Å². The molecule has 0 aliphatic rings. The Labute approximate surface area is 189 Å². The third-order valence-electron chi connectivity index (χ3n) is 5.04. The Morgan fingerprint density at radius 1 is 1.16 bits per heavy atom. The highest BCUT2D eigenvalue weighted by atomic mass is 16.5. The second kappa shape index (κ2) is 10.1. The van der Waals surface area contributed by atoms with Crippen molar-refractivity contribution < 1.29 is 14.3 Å². The van der Waals surface area contributed by atoms with Crippen molar-refractivity contribution in [2.45, 2.75) is 33.7 Å². The number of nitrogens with one attached hydrogen (secondary N) is 1. The van der Waals surface area contributed by atoms with Crippen LogP contribution in [-0.2, 0) is 4.79 Å². The number of hydrogen-bond acceptors (Lipinski definition) is 4. The Morgan fingerprint density at radius 2 is 1.88 bits per heavy atom. The normalized spacial score (nSPS) is 10.8. The van der Waals surface area contributed by atoms with Crippen LogP contribution in [0.25, 0.3) is 16.9 Å². The van der Waals surface area contributed by atoms with Gasteiger partial charge in [-0.25, -0.2) is 4.68 Å². The Bertz CT molecular complexity index is 1090. The molecule has 0 aliphatic carbocycles. The highest BCUT2D eigenvalue weighted by Crippen LogP contribution is 2.28. The standard InChI is InChI=1S/C25H30N4O3/c1-6-28(16-23(30)26-17(2)3)25(31)22-15-29(20-12-10-18(4)11-13-20)27-24(22)19-8-7-9-21(14-19)32-5/h7-15,17H,6,16H2,1-5H3,(H,26,30). The van der Waals surface area contributed by atoms with Gasteiger partial charge in [0.1, 0.15) is 11.4 Å². The Morgan fingerprint density at radius 3 is 2.50 bits per heavy atom. The summed E-state index contributed by atoms with van der Waals surface area (Å²) in [6.07, 6.45) is 1.73. The zero-order valence-electron chi connectivity index (χ0n) is 19.3. The number of amides is 2. The fourth-order valence-corrected chi connectivity index (χ4v) is 3.38. The van der Waals surface area contributed by atoms with Crippen LogP contribution < -0.4 is 10.1 Å². The molecule has 0 atom stereocenters. The number of methoxy groups -OCH3 is 1. The summed E-state index contributed by atoms with van der Waals surface area (Å²) in [5, 5.41) is 7.58. The molecule has 0 unspecified atom stereocenters. The molecule has 1 heterocycles. The summed E-state index contributed by atoms with van der Waals surface area (Å²) in [6.45, 7) is 8.05. The first-order chi connectivity index (χ1) is 15.3. The van der Waals surface area contributed by atoms with Gasteiger partial charge in [0.15, 0.2) is 0 Å². The minimum atomic E-state index is -0.248. The van der Waals surface area contributed by atoms with Crippen LogP contribution in [0.3, 0.4) is 0 Å². The van der Waals surface area contributed by atoms with E-state index in [2.05, 4.69) is 5.32 Å². The number of carbonyl (C=O) groups excluding carboxylic acids is 2. The molecule has 32 heavy (non-hydrogen) atoms. The van der Waals surface area contributed by atoms with E-state index < -0.39 is 0 Å². The molecule has 0 aliphatic heterocycles. The fourth-order valence-electron chi connectivity index (χ4n) is 3.38. The van der Waals surface area contributed by atoms with Gasteiger partial charge < -0.3 is 15.0 Å². The van der Waals surface area contributed by atoms with Gasteiger partial charge in [0.2, 0.25) is 5.91 Å². The zero-order valence-corrected chi connectivity index (χ0v) is 19.3. The van der Waals surface area contributed by atoms with E-state index in [-0.39, 0.29) is 24.4 Å². The number of aryl methyl sites for hydroxylation is 1. The van der Waals surface area contributed by atoms with Gasteiger partial charge in [-0.05, 0) is 52.0 Å². The second-order valence-corrected chi connectivity index (χ2v) is 7.94. The summed E-state index contributed by atoms with van der Waals surface area (Å²) in [4.78, 5) is 27.3. The molecule has 0 saturated heterocycles. The predicted octanol–water partition coefficient (Wildman–Crippen LogP) is 3.84. The first-order valence-corrected chi connectivity index (χ1v) is 10.7. The van der Waals surface area contributed by atoms with E-state index in [1.807, 2.05) is 76.2 Å². The zero-order chi connectivity index (χ0) is 23.3. The number of aromatic nitrogens is 2. The van der Waals surface area contributed by atoms with Gasteiger partial charge in [0.25, 0.3) is 5.91 Å². The van der Waals surface area contributed by atoms with Crippen LogP contribution in [-0.4, -0.2) is 52.7 Å². The lowest BCUT2D eigenvalue weighted by molar-refractivity contribution is -0.122. The number of benzene rings is 2. The maximum absolute atomic E-state index is 13.5. The fraction of sp³-hybridized carbons (Fsp3) is 0.320. The lowest BCUT2D eigenvalue weighted by Crippen LogP contribution is -2.42. The Kier molecular flexibility index (Phi) is 7.30. The van der Waals surface area contributed by atoms with Crippen molar-refractivity contribution in [2.75, 3.05) is 20.2 Å². The summed E-state index contributed by atoms with van der Waals surface area (Å²) in [6, 6.07) is 15.4. The van der Waals surface area contributed by atoms with Crippen molar-refractivity contribution in [1.29, 1.82) is 0 Å². The molecule has 168 valence electrons. The molecule has 7 heteroatoms. The smallest absolute Gasteiger partial charge is 0.258 e. The minimum absolute atomic E-state index is 0.00735. The Hall–Kier alpha value is -3.61. The average molecular weight is 435 g/mol. The van der Waals surface area contributed by atoms with E-state index in [0.717, 1.165) is 16.8 Å². The van der Waals surface area contributed by atoms with Gasteiger partial charge in [-0.1, -0.05) is 29.8 Å². The van der Waals surface area contributed by atoms with Crippen molar-refractivity contribution in [3.63, 3.8) is 0 Å². The van der Waals surface area contributed by atoms with Crippen molar-refractivity contribution >= 4 is 11.8 Å². The highest BCUT2D eigenvalue weighted by molar-refractivity contribution is 6.01. The summed E-state index contributed by atoms with van der Waals surface area (Å²) >= 11 is 0. The van der Waals surface area contributed by atoms with E-state index in [1.165, 1.54) is 4.90 Å². The SMILES string of the molecule is CCN(CC(=O)NC(C)C)C(=O)c1cn(-c2ccc(C)cc2)nc1-c1cccc(OC)c1. The number of ether oxygens (including phenoxy) is 1. The van der Waals surface area contributed by atoms with Crippen LogP contribution in [0.1, 0.15) is 36.7 Å². The largest absolute Gasteiger partial charge is 0.497 e. The van der Waals surface area contributed by atoms with Gasteiger partial charge in [-0.2, -0.15) is 5.10 Å². The van der Waals surface area contributed by atoms with E-state index in [4.69, 9.17) is 9.84 Å². The Balaban J connectivity index is 2.04. The lowest BCUT2D eigenvalue weighted by atomic mass is 10.1. The molecule has 2 aromatic carbocycles. The van der Waals surface area contributed by atoms with Crippen molar-refractivity contribution in [3.8, 4) is 22.7 Å². The van der Waals surface area contributed by atoms with Crippen LogP contribution in [0.15, 0.2) is 54.7 Å². The van der Waals surface area contributed by atoms with Gasteiger partial charge in [-0.15, -0.1) is 0 Å². The molecular weight excluding hydrogens is 404 g/mol. The number of likely N-dealkylation sites (N-methyl/N-ethyl adjacent to an activating group) is 1. The summed E-state index contributed by atoms with van der Waals surface area (Å²) in [7, 11) is 1.60. The van der Waals surface area contributed by atoms with Crippen LogP contribution in [0.4, 0.5) is 0 Å². The predicted molar refractivity (Wildman–Crippen MR) is 125 cm³/mol. The lowest BCUT2D eigenvalue weighted by Gasteiger charge is -2.21. The van der Waals surface area contributed by atoms with E-state index in [9.17, 15) is 9.59 Å². The maximum Gasteiger partial charge on any atom is 0.258 e. The van der Waals surface area contributed by atoms with Gasteiger partial charge in [0.05, 0.1) is 24.9 Å². The molecule has 2 amide bonds. The van der Waals surface area contributed by atoms with E-state index in [0.29, 0.717) is 23.6 Å². The molecule has 3 rings (SSSR count). The van der Waals surface area contributed by atoms with Gasteiger partial charge >= 0.3 is 0 Å². The van der Waals surface area contributed by atoms with Crippen LogP contribution in [0, 0.1) is 6.92 Å². The molecule has 7 nitrogen and oxygen atoms in total. The number of hydrogen-bond donors (Lipinski definition) is 1. The number of rotatable bonds is 8. The van der Waals surface area contributed by atoms with Gasteiger partial charge in [0, 0.05) is 24.3 Å². The summed E-state index contributed by atoms with van der Waals surface area (Å²) < 4.78 is 7.05. The van der Waals surface area contributed by atoms with Gasteiger partial charge in [-0.3, -0.25) is 9.59 Å². The molecule has 0 spiro atoms. The summed E-state index contributed by atoms with van der Waals surface area (Å²) in [5.41, 5.74) is 3.72. The molecule has 0 bridgehead atoms. The number of carbonyl (C=O) groups is 2. The van der Waals surface area contributed by atoms with Crippen LogP contribution in [0.2, 0.25) is 0 Å². The topological polar surface area (TPSA) is 76.5 Å². The van der Waals surface area contributed by atoms with Crippen LogP contribution >= 0.6 is 0 Å². The van der Waals surface area contributed by atoms with Crippen molar-refractivity contribution in [2.24, 2.45) is 0 Å². The quantitative estimate of drug-likeness (QED) is 0.584. The second-order valence-electron chi connectivity index (χ2n) is 7.94. The third kappa shape index (κ3) is 5.35. The maximum atomic E-state index is 13.5. The minimum Gasteiger partial charge on any atom is -0.497 e. The molecule has 1 N–H and O–H groups in total. The first kappa shape index (κ1) is 23.1. The average Bonchev–Trinajstić information content (AvgIpc) is 3.22. The van der Waals surface area contributed by atoms with E-state index >= 15 is 0 Å². The molecular formula is C25H30N4O3. The van der Waals surface area contributed by atoms with Crippen molar-refractivity contribution in [3.05, 3.63) is 65.9 Å². The monoisotopic (exact) mass is 434 g/mol. The van der Waals surface area contributed by atoms with E-state index in [1.54, 1.807) is 18.0 Å². The molecule has 1 aromatic heterocycles. The van der Waals surface area contributed by atoms with Crippen molar-refractivity contribution in [1.82, 2.24) is 20.0 Å². The third-order valence-corrected chi connectivity index (χ3v) is 5.04. The molecule has 0 radical (unpaired) electrons. The summed E-state index contributed by atoms with van der Waals surface area (Å²) in [5.74, 6) is 0.237. The first-order valence-electron chi connectivity index (χ1n) is 10.7. The highest BCUT2D eigenvalue weighted by Gasteiger charge is 2.24. The molecule has 0 saturated carbocycles. The molecule has 0 fully saturated rings. The number of nitrogens with zero attached hydrogens (tertiary/aromatic N) is 3. The molecule has 3 aromatic rings.